The molecule has 31 heavy (non-hydrogen) atoms. The molecule has 0 aliphatic rings. The first kappa shape index (κ1) is 19.1. The Balaban J connectivity index is 1.58. The summed E-state index contributed by atoms with van der Waals surface area (Å²) in [5.41, 5.74) is 12.4. The maximum atomic E-state index is 11.7. The molecule has 3 nitrogen and oxygen atoms in total. The molecule has 1 amide bonds. The van der Waals surface area contributed by atoms with Crippen molar-refractivity contribution in [2.45, 2.75) is 19.9 Å². The molecule has 3 heteroatoms. The molecular formula is C28H24N2O. The topological polar surface area (TPSA) is 48.0 Å². The fraction of sp³-hybridized carbons (Fsp3) is 0.107. The zero-order valence-electron chi connectivity index (χ0n) is 17.5. The number of nitrogens with zero attached hydrogens (tertiary/aromatic N) is 1. The van der Waals surface area contributed by atoms with Gasteiger partial charge in [-0.1, -0.05) is 72.3 Å². The second kappa shape index (κ2) is 7.77. The van der Waals surface area contributed by atoms with Crippen LogP contribution in [-0.2, 0) is 17.8 Å². The molecule has 0 aliphatic carbocycles. The summed E-state index contributed by atoms with van der Waals surface area (Å²) >= 11 is 0. The van der Waals surface area contributed by atoms with Crippen LogP contribution >= 0.6 is 0 Å². The Morgan fingerprint density at radius 2 is 1.58 bits per heavy atom. The van der Waals surface area contributed by atoms with Crippen LogP contribution in [0.15, 0.2) is 91.1 Å². The molecule has 0 atom stereocenters. The largest absolute Gasteiger partial charge is 0.369 e. The number of amides is 1. The molecule has 4 aromatic carbocycles. The van der Waals surface area contributed by atoms with E-state index in [2.05, 4.69) is 103 Å². The first-order chi connectivity index (χ1) is 15.1. The minimum atomic E-state index is -0.314. The summed E-state index contributed by atoms with van der Waals surface area (Å²) < 4.78 is 2.22. The lowest BCUT2D eigenvalue weighted by Gasteiger charge is -2.08. The number of hydrogen-bond acceptors (Lipinski definition) is 1. The van der Waals surface area contributed by atoms with Crippen LogP contribution in [0.25, 0.3) is 32.8 Å². The first-order valence-electron chi connectivity index (χ1n) is 10.5. The van der Waals surface area contributed by atoms with E-state index in [1.165, 1.54) is 27.5 Å². The summed E-state index contributed by atoms with van der Waals surface area (Å²) in [7, 11) is 0. The van der Waals surface area contributed by atoms with E-state index in [0.717, 1.165) is 28.6 Å². The molecule has 1 aromatic heterocycles. The van der Waals surface area contributed by atoms with Crippen molar-refractivity contribution < 1.29 is 4.79 Å². The lowest BCUT2D eigenvalue weighted by molar-refractivity contribution is -0.117. The van der Waals surface area contributed by atoms with Gasteiger partial charge >= 0.3 is 0 Å². The van der Waals surface area contributed by atoms with Crippen LogP contribution in [0.1, 0.15) is 16.7 Å². The molecule has 2 N–H and O–H groups in total. The van der Waals surface area contributed by atoms with Crippen LogP contribution in [-0.4, -0.2) is 10.5 Å². The minimum Gasteiger partial charge on any atom is -0.369 e. The van der Waals surface area contributed by atoms with E-state index >= 15 is 0 Å². The van der Waals surface area contributed by atoms with Gasteiger partial charge in [-0.25, -0.2) is 0 Å². The van der Waals surface area contributed by atoms with Crippen LogP contribution in [0.4, 0.5) is 0 Å². The highest BCUT2D eigenvalue weighted by atomic mass is 16.1. The van der Waals surface area contributed by atoms with Crippen molar-refractivity contribution in [3.63, 3.8) is 0 Å². The Kier molecular flexibility index (Phi) is 4.79. The number of hydrogen-bond donors (Lipinski definition) is 1. The minimum absolute atomic E-state index is 0.235. The van der Waals surface area contributed by atoms with Crippen LogP contribution in [0, 0.1) is 6.92 Å². The molecule has 5 rings (SSSR count). The third kappa shape index (κ3) is 3.82. The summed E-state index contributed by atoms with van der Waals surface area (Å²) in [6.45, 7) is 2.83. The van der Waals surface area contributed by atoms with Gasteiger partial charge in [0.05, 0.1) is 6.42 Å². The van der Waals surface area contributed by atoms with Crippen molar-refractivity contribution in [1.82, 2.24) is 4.57 Å². The van der Waals surface area contributed by atoms with Crippen molar-refractivity contribution in [1.29, 1.82) is 0 Å². The molecular weight excluding hydrogens is 380 g/mol. The van der Waals surface area contributed by atoms with Crippen LogP contribution in [0.3, 0.4) is 0 Å². The molecule has 5 aromatic rings. The van der Waals surface area contributed by atoms with Gasteiger partial charge in [-0.3, -0.25) is 4.79 Å². The molecule has 0 aliphatic heterocycles. The molecule has 0 spiro atoms. The predicted molar refractivity (Wildman–Crippen MR) is 128 cm³/mol. The maximum absolute atomic E-state index is 11.7. The van der Waals surface area contributed by atoms with E-state index < -0.39 is 0 Å². The molecule has 1 heterocycles. The summed E-state index contributed by atoms with van der Waals surface area (Å²) in [5.74, 6) is -0.314. The van der Waals surface area contributed by atoms with Crippen LogP contribution in [0.5, 0.6) is 0 Å². The van der Waals surface area contributed by atoms with Crippen LogP contribution in [0.2, 0.25) is 0 Å². The van der Waals surface area contributed by atoms with E-state index in [1.54, 1.807) is 0 Å². The van der Waals surface area contributed by atoms with Crippen LogP contribution < -0.4 is 5.73 Å². The van der Waals surface area contributed by atoms with E-state index in [4.69, 9.17) is 5.73 Å². The average Bonchev–Trinajstić information content (AvgIpc) is 3.10. The Bertz CT molecular complexity index is 1410. The number of carbonyl (C=O) groups is 1. The van der Waals surface area contributed by atoms with Gasteiger partial charge in [0.1, 0.15) is 0 Å². The SMILES string of the molecule is Cc1ccc(-c2ccc3c(c2)c(CC(N)=O)cn3Cc2ccc3ccccc3c2)cc1. The van der Waals surface area contributed by atoms with Gasteiger partial charge in [0.15, 0.2) is 0 Å². The summed E-state index contributed by atoms with van der Waals surface area (Å²) in [4.78, 5) is 11.7. The predicted octanol–water partition coefficient (Wildman–Crippen LogP) is 5.85. The number of primary amides is 1. The molecule has 0 unspecified atom stereocenters. The molecule has 0 bridgehead atoms. The molecule has 0 radical (unpaired) electrons. The second-order valence-electron chi connectivity index (χ2n) is 8.20. The number of carbonyl (C=O) groups excluding carboxylic acids is 1. The number of rotatable bonds is 5. The highest BCUT2D eigenvalue weighted by Crippen LogP contribution is 2.29. The summed E-state index contributed by atoms with van der Waals surface area (Å²) in [6, 6.07) is 29.9. The number of aromatic nitrogens is 1. The van der Waals surface area contributed by atoms with E-state index in [-0.39, 0.29) is 12.3 Å². The van der Waals surface area contributed by atoms with Gasteiger partial charge in [-0.15, -0.1) is 0 Å². The monoisotopic (exact) mass is 404 g/mol. The van der Waals surface area contributed by atoms with Gasteiger partial charge in [-0.05, 0) is 58.1 Å². The smallest absolute Gasteiger partial charge is 0.221 e. The number of aryl methyl sites for hydroxylation is 1. The van der Waals surface area contributed by atoms with E-state index in [1.807, 2.05) is 0 Å². The Morgan fingerprint density at radius 3 is 2.35 bits per heavy atom. The third-order valence-electron chi connectivity index (χ3n) is 5.88. The van der Waals surface area contributed by atoms with Gasteiger partial charge in [0.2, 0.25) is 5.91 Å². The first-order valence-corrected chi connectivity index (χ1v) is 10.5. The van der Waals surface area contributed by atoms with Crippen molar-refractivity contribution in [3.8, 4) is 11.1 Å². The lowest BCUT2D eigenvalue weighted by Crippen LogP contribution is -2.13. The summed E-state index contributed by atoms with van der Waals surface area (Å²) in [5, 5.41) is 3.55. The van der Waals surface area contributed by atoms with Gasteiger partial charge in [-0.2, -0.15) is 0 Å². The molecule has 0 saturated carbocycles. The standard InChI is InChI=1S/C28H24N2O/c1-19-6-9-22(10-7-19)24-12-13-27-26(15-24)25(16-28(29)31)18-30(27)17-20-8-11-21-4-2-3-5-23(21)14-20/h2-15,18H,16-17H2,1H3,(H2,29,31). The maximum Gasteiger partial charge on any atom is 0.221 e. The zero-order chi connectivity index (χ0) is 21.4. The number of benzene rings is 4. The summed E-state index contributed by atoms with van der Waals surface area (Å²) in [6.07, 6.45) is 2.31. The van der Waals surface area contributed by atoms with Gasteiger partial charge in [0.25, 0.3) is 0 Å². The van der Waals surface area contributed by atoms with E-state index in [9.17, 15) is 4.79 Å². The highest BCUT2D eigenvalue weighted by molar-refractivity contribution is 5.92. The van der Waals surface area contributed by atoms with E-state index in [0.29, 0.717) is 0 Å². The van der Waals surface area contributed by atoms with Crippen molar-refractivity contribution in [2.24, 2.45) is 5.73 Å². The number of fused-ring (bicyclic) bond motifs is 2. The highest BCUT2D eigenvalue weighted by Gasteiger charge is 2.13. The number of nitrogens with two attached hydrogens (primary N) is 1. The third-order valence-corrected chi connectivity index (χ3v) is 5.88. The van der Waals surface area contributed by atoms with Crippen molar-refractivity contribution in [2.75, 3.05) is 0 Å². The Hall–Kier alpha value is -3.85. The van der Waals surface area contributed by atoms with Crippen molar-refractivity contribution >= 4 is 27.6 Å². The fourth-order valence-electron chi connectivity index (χ4n) is 4.29. The van der Waals surface area contributed by atoms with Gasteiger partial charge < -0.3 is 10.3 Å². The molecule has 0 saturated heterocycles. The Morgan fingerprint density at radius 1 is 0.839 bits per heavy atom. The average molecular weight is 405 g/mol. The normalized spacial score (nSPS) is 11.3. The molecule has 152 valence electrons. The lowest BCUT2D eigenvalue weighted by atomic mass is 10.0. The zero-order valence-corrected chi connectivity index (χ0v) is 17.5. The molecule has 0 fully saturated rings. The fourth-order valence-corrected chi connectivity index (χ4v) is 4.29. The quantitative estimate of drug-likeness (QED) is 0.393. The Labute approximate surface area is 181 Å². The second-order valence-corrected chi connectivity index (χ2v) is 8.20. The van der Waals surface area contributed by atoms with Gasteiger partial charge in [0, 0.05) is 23.6 Å². The van der Waals surface area contributed by atoms with Crippen molar-refractivity contribution in [3.05, 3.63) is 108 Å².